The van der Waals surface area contributed by atoms with E-state index in [0.717, 1.165) is 54.7 Å². The SMILES string of the molecule is CC(C)(C)OC(=O)NCC1CCC(C(=O)C[C@@H](Cc2cccc(-c3cccc(C(=O)NCCN4CCOCC4)c3)c2)C(=O)Nc2ccc(-c3nn[nH]n3)cc2)CC1. The summed E-state index contributed by atoms with van der Waals surface area (Å²) in [5, 5.41) is 23.0. The number of aromatic nitrogens is 4. The molecule has 14 heteroatoms. The summed E-state index contributed by atoms with van der Waals surface area (Å²) < 4.78 is 10.8. The molecule has 6 rings (SSSR count). The Morgan fingerprint density at radius 1 is 0.895 bits per heavy atom. The molecule has 1 atom stereocenters. The van der Waals surface area contributed by atoms with Gasteiger partial charge in [-0.2, -0.15) is 5.21 Å². The highest BCUT2D eigenvalue weighted by molar-refractivity contribution is 5.97. The van der Waals surface area contributed by atoms with E-state index in [9.17, 15) is 19.2 Å². The average Bonchev–Trinajstić information content (AvgIpc) is 3.76. The van der Waals surface area contributed by atoms with Crippen LogP contribution in [0.1, 0.15) is 68.8 Å². The maximum absolute atomic E-state index is 14.0. The molecule has 0 spiro atoms. The number of morpholine rings is 1. The fourth-order valence-corrected chi connectivity index (χ4v) is 7.39. The van der Waals surface area contributed by atoms with Crippen LogP contribution in [0.25, 0.3) is 22.5 Å². The number of benzene rings is 3. The maximum atomic E-state index is 14.0. The van der Waals surface area contributed by atoms with Crippen molar-refractivity contribution < 1.29 is 28.7 Å². The number of alkyl carbamates (subject to hydrolysis) is 1. The molecule has 3 aromatic carbocycles. The minimum absolute atomic E-state index is 0.0737. The number of Topliss-reactive ketones (excluding diaryl/α,β-unsaturated/α-hetero) is 1. The van der Waals surface area contributed by atoms with E-state index in [1.807, 2.05) is 69.3 Å². The summed E-state index contributed by atoms with van der Waals surface area (Å²) in [6.07, 6.45) is 3.05. The van der Waals surface area contributed by atoms with Crippen LogP contribution >= 0.6 is 0 Å². The first kappa shape index (κ1) is 41.2. The molecule has 302 valence electrons. The zero-order valence-electron chi connectivity index (χ0n) is 33.1. The Labute approximate surface area is 333 Å². The number of tetrazole rings is 1. The van der Waals surface area contributed by atoms with Crippen molar-refractivity contribution in [3.63, 3.8) is 0 Å². The van der Waals surface area contributed by atoms with Crippen LogP contribution in [0.2, 0.25) is 0 Å². The third kappa shape index (κ3) is 12.5. The number of nitrogens with one attached hydrogen (secondary N) is 4. The van der Waals surface area contributed by atoms with Gasteiger partial charge in [-0.15, -0.1) is 10.2 Å². The predicted molar refractivity (Wildman–Crippen MR) is 216 cm³/mol. The molecule has 2 heterocycles. The minimum Gasteiger partial charge on any atom is -0.444 e. The van der Waals surface area contributed by atoms with Crippen LogP contribution in [-0.4, -0.2) is 101 Å². The molecule has 1 aromatic heterocycles. The van der Waals surface area contributed by atoms with Gasteiger partial charge in [-0.3, -0.25) is 19.3 Å². The lowest BCUT2D eigenvalue weighted by molar-refractivity contribution is -0.129. The predicted octanol–water partition coefficient (Wildman–Crippen LogP) is 5.68. The van der Waals surface area contributed by atoms with E-state index in [0.29, 0.717) is 62.6 Å². The third-order valence-electron chi connectivity index (χ3n) is 10.5. The van der Waals surface area contributed by atoms with Crippen LogP contribution in [0.15, 0.2) is 72.8 Å². The van der Waals surface area contributed by atoms with Crippen molar-refractivity contribution in [2.24, 2.45) is 17.8 Å². The van der Waals surface area contributed by atoms with E-state index >= 15 is 0 Å². The molecule has 4 N–H and O–H groups in total. The number of hydrogen-bond acceptors (Lipinski definition) is 10. The van der Waals surface area contributed by atoms with Crippen LogP contribution in [0, 0.1) is 17.8 Å². The van der Waals surface area contributed by atoms with Gasteiger partial charge >= 0.3 is 6.09 Å². The topological polar surface area (TPSA) is 181 Å². The Bertz CT molecular complexity index is 1950. The second-order valence-electron chi connectivity index (χ2n) is 16.0. The number of nitrogens with zero attached hydrogens (tertiary/aromatic N) is 4. The van der Waals surface area contributed by atoms with E-state index < -0.39 is 17.6 Å². The standard InChI is InChI=1S/C43H54N8O6/c1-43(2,3)57-42(55)45-28-29-10-12-31(13-11-29)38(52)27-36(41(54)46-37-16-14-32(15-17-37)39-47-49-50-48-39)25-30-6-4-7-33(24-30)34-8-5-9-35(26-34)40(53)44-18-19-51-20-22-56-23-21-51/h4-9,14-17,24,26,29,31,36H,10-13,18-23,25,27-28H2,1-3H3,(H,44,53)(H,45,55)(H,46,54)(H,47,48,49,50)/t29?,31?,36-/m1/s1. The van der Waals surface area contributed by atoms with E-state index in [4.69, 9.17) is 9.47 Å². The number of amides is 3. The molecule has 2 aliphatic rings. The second kappa shape index (κ2) is 19.6. The normalized spacial score (nSPS) is 17.9. The van der Waals surface area contributed by atoms with Gasteiger partial charge in [0.1, 0.15) is 11.4 Å². The summed E-state index contributed by atoms with van der Waals surface area (Å²) in [5.74, 6) is -0.368. The number of anilines is 1. The highest BCUT2D eigenvalue weighted by Gasteiger charge is 2.31. The molecule has 2 fully saturated rings. The molecule has 0 bridgehead atoms. The summed E-state index contributed by atoms with van der Waals surface area (Å²) in [7, 11) is 0. The van der Waals surface area contributed by atoms with Crippen LogP contribution in [0.5, 0.6) is 0 Å². The number of rotatable bonds is 15. The zero-order valence-corrected chi connectivity index (χ0v) is 33.1. The smallest absolute Gasteiger partial charge is 0.407 e. The third-order valence-corrected chi connectivity index (χ3v) is 10.5. The molecular weight excluding hydrogens is 725 g/mol. The number of H-pyrrole nitrogens is 1. The van der Waals surface area contributed by atoms with Gasteiger partial charge in [0.05, 0.1) is 13.2 Å². The number of ketones is 1. The van der Waals surface area contributed by atoms with Crippen molar-refractivity contribution in [2.75, 3.05) is 51.3 Å². The van der Waals surface area contributed by atoms with Crippen molar-refractivity contribution in [2.45, 2.75) is 64.9 Å². The summed E-state index contributed by atoms with van der Waals surface area (Å²) in [6, 6.07) is 22.6. The number of carbonyl (C=O) groups excluding carboxylic acids is 4. The first-order valence-corrected chi connectivity index (χ1v) is 19.9. The Hall–Kier alpha value is -5.47. The molecular formula is C43H54N8O6. The van der Waals surface area contributed by atoms with E-state index in [-0.39, 0.29) is 35.9 Å². The van der Waals surface area contributed by atoms with Gasteiger partial charge < -0.3 is 25.4 Å². The van der Waals surface area contributed by atoms with Gasteiger partial charge in [-0.05, 0) is 117 Å². The lowest BCUT2D eigenvalue weighted by Gasteiger charge is -2.29. The maximum Gasteiger partial charge on any atom is 0.407 e. The molecule has 3 amide bonds. The van der Waals surface area contributed by atoms with Crippen molar-refractivity contribution in [1.82, 2.24) is 36.2 Å². The van der Waals surface area contributed by atoms with Gasteiger partial charge in [0, 0.05) is 67.8 Å². The lowest BCUT2D eigenvalue weighted by atomic mass is 9.77. The van der Waals surface area contributed by atoms with E-state index in [2.05, 4.69) is 41.5 Å². The van der Waals surface area contributed by atoms with Gasteiger partial charge in [0.25, 0.3) is 5.91 Å². The summed E-state index contributed by atoms with van der Waals surface area (Å²) in [5.41, 5.74) is 4.05. The van der Waals surface area contributed by atoms with Crippen molar-refractivity contribution in [3.05, 3.63) is 83.9 Å². The Balaban J connectivity index is 1.11. The number of carbonyl (C=O) groups is 4. The average molecular weight is 779 g/mol. The first-order chi connectivity index (χ1) is 27.5. The molecule has 1 aliphatic carbocycles. The molecule has 4 aromatic rings. The largest absolute Gasteiger partial charge is 0.444 e. The molecule has 1 saturated carbocycles. The van der Waals surface area contributed by atoms with E-state index in [1.165, 1.54) is 0 Å². The van der Waals surface area contributed by atoms with Crippen molar-refractivity contribution >= 4 is 29.4 Å². The fourth-order valence-electron chi connectivity index (χ4n) is 7.39. The fraction of sp³-hybridized carbons (Fsp3) is 0.465. The van der Waals surface area contributed by atoms with Crippen LogP contribution < -0.4 is 16.0 Å². The number of hydrogen-bond donors (Lipinski definition) is 4. The molecule has 0 radical (unpaired) electrons. The monoisotopic (exact) mass is 778 g/mol. The summed E-state index contributed by atoms with van der Waals surface area (Å²) in [6.45, 7) is 10.5. The molecule has 14 nitrogen and oxygen atoms in total. The zero-order chi connectivity index (χ0) is 40.2. The highest BCUT2D eigenvalue weighted by atomic mass is 16.6. The Morgan fingerprint density at radius 3 is 2.32 bits per heavy atom. The van der Waals surface area contributed by atoms with Crippen LogP contribution in [0.3, 0.4) is 0 Å². The number of aromatic amines is 1. The van der Waals surface area contributed by atoms with Gasteiger partial charge in [-0.25, -0.2) is 4.79 Å². The summed E-state index contributed by atoms with van der Waals surface area (Å²) in [4.78, 5) is 55.4. The molecule has 1 aliphatic heterocycles. The van der Waals surface area contributed by atoms with Gasteiger partial charge in [-0.1, -0.05) is 36.4 Å². The van der Waals surface area contributed by atoms with Crippen molar-refractivity contribution in [3.8, 4) is 22.5 Å². The molecule has 0 unspecified atom stereocenters. The van der Waals surface area contributed by atoms with E-state index in [1.54, 1.807) is 24.3 Å². The van der Waals surface area contributed by atoms with Crippen LogP contribution in [0.4, 0.5) is 10.5 Å². The van der Waals surface area contributed by atoms with Crippen LogP contribution in [-0.2, 0) is 25.5 Å². The van der Waals surface area contributed by atoms with Gasteiger partial charge in [0.2, 0.25) is 11.7 Å². The lowest BCUT2D eigenvalue weighted by Crippen LogP contribution is -2.41. The number of ether oxygens (including phenoxy) is 2. The Kier molecular flexibility index (Phi) is 14.2. The first-order valence-electron chi connectivity index (χ1n) is 19.9. The highest BCUT2D eigenvalue weighted by Crippen LogP contribution is 2.32. The molecule has 57 heavy (non-hydrogen) atoms. The quantitative estimate of drug-likeness (QED) is 0.117. The Morgan fingerprint density at radius 2 is 1.61 bits per heavy atom. The van der Waals surface area contributed by atoms with Gasteiger partial charge in [0.15, 0.2) is 0 Å². The molecule has 1 saturated heterocycles. The minimum atomic E-state index is -0.625. The summed E-state index contributed by atoms with van der Waals surface area (Å²) >= 11 is 0. The second-order valence-corrected chi connectivity index (χ2v) is 16.0. The van der Waals surface area contributed by atoms with Crippen molar-refractivity contribution in [1.29, 1.82) is 0 Å².